The summed E-state index contributed by atoms with van der Waals surface area (Å²) in [6.07, 6.45) is 10.7. The molecule has 1 N–H and O–H groups in total. The first-order valence-electron chi connectivity index (χ1n) is 11.6. The maximum absolute atomic E-state index is 12.9. The summed E-state index contributed by atoms with van der Waals surface area (Å²) in [4.78, 5) is 26.4. The Hall–Kier alpha value is -2.75. The zero-order valence-corrected chi connectivity index (χ0v) is 19.4. The average molecular weight is 432 g/mol. The van der Waals surface area contributed by atoms with Gasteiger partial charge in [-0.05, 0) is 76.8 Å². The summed E-state index contributed by atoms with van der Waals surface area (Å²) in [5.41, 5.74) is 4.90. The third-order valence-corrected chi connectivity index (χ3v) is 6.93. The largest absolute Gasteiger partial charge is 0.320 e. The van der Waals surface area contributed by atoms with Gasteiger partial charge in [0.25, 0.3) is 5.91 Å². The number of nitrogens with zero attached hydrogens (tertiary/aromatic N) is 4. The molecule has 1 fully saturated rings. The van der Waals surface area contributed by atoms with Crippen LogP contribution in [0.3, 0.4) is 0 Å². The average Bonchev–Trinajstić information content (AvgIpc) is 3.30. The Labute approximate surface area is 191 Å². The fourth-order valence-corrected chi connectivity index (χ4v) is 4.68. The van der Waals surface area contributed by atoms with Crippen LogP contribution in [0, 0.1) is 6.57 Å². The van der Waals surface area contributed by atoms with Crippen molar-refractivity contribution in [3.63, 3.8) is 0 Å². The summed E-state index contributed by atoms with van der Waals surface area (Å²) in [5.74, 6) is -0.148. The number of piperazine rings is 1. The molecule has 6 heteroatoms. The Morgan fingerprint density at radius 3 is 2.59 bits per heavy atom. The summed E-state index contributed by atoms with van der Waals surface area (Å²) < 4.78 is 0. The molecule has 3 aliphatic rings. The molecule has 2 heterocycles. The number of hydrogen-bond donors (Lipinski definition) is 1. The molecule has 1 aliphatic heterocycles. The van der Waals surface area contributed by atoms with E-state index in [1.807, 2.05) is 6.07 Å². The molecule has 168 valence electrons. The number of pyridine rings is 1. The van der Waals surface area contributed by atoms with E-state index in [2.05, 4.69) is 53.0 Å². The van der Waals surface area contributed by atoms with Crippen molar-refractivity contribution in [3.8, 4) is 0 Å². The first-order valence-corrected chi connectivity index (χ1v) is 11.6. The van der Waals surface area contributed by atoms with Crippen molar-refractivity contribution in [2.75, 3.05) is 38.5 Å². The smallest absolute Gasteiger partial charge is 0.250 e. The lowest BCUT2D eigenvalue weighted by Crippen LogP contribution is -2.52. The number of hydrogen-bond acceptors (Lipinski definition) is 4. The fraction of sp³-hybridized carbons (Fsp3) is 0.500. The molecule has 0 bridgehead atoms. The third kappa shape index (κ3) is 4.69. The van der Waals surface area contributed by atoms with Crippen molar-refractivity contribution >= 4 is 17.2 Å². The highest BCUT2D eigenvalue weighted by Gasteiger charge is 2.33. The highest BCUT2D eigenvalue weighted by Crippen LogP contribution is 2.35. The van der Waals surface area contributed by atoms with Crippen LogP contribution in [0.15, 0.2) is 41.6 Å². The third-order valence-electron chi connectivity index (χ3n) is 6.93. The van der Waals surface area contributed by atoms with E-state index < -0.39 is 0 Å². The number of anilines is 1. The van der Waals surface area contributed by atoms with E-state index in [1.165, 1.54) is 12.0 Å². The molecule has 6 nitrogen and oxygen atoms in total. The number of aromatic nitrogens is 1. The molecule has 32 heavy (non-hydrogen) atoms. The van der Waals surface area contributed by atoms with Crippen molar-refractivity contribution < 1.29 is 4.79 Å². The maximum atomic E-state index is 12.9. The predicted octanol–water partition coefficient (Wildman–Crippen LogP) is 4.59. The summed E-state index contributed by atoms with van der Waals surface area (Å²) in [6, 6.07) is 4.08. The van der Waals surface area contributed by atoms with Gasteiger partial charge in [0.05, 0.1) is 29.2 Å². The van der Waals surface area contributed by atoms with Gasteiger partial charge in [0.2, 0.25) is 0 Å². The van der Waals surface area contributed by atoms with Gasteiger partial charge in [-0.25, -0.2) is 9.83 Å². The number of carbonyl (C=O) groups excluding carboxylic acids is 1. The number of likely N-dealkylation sites (N-methyl/N-ethyl adjacent to an activating group) is 1. The summed E-state index contributed by atoms with van der Waals surface area (Å²) in [5, 5.41) is 3.09. The minimum absolute atomic E-state index is 0.148. The van der Waals surface area contributed by atoms with Gasteiger partial charge in [-0.15, -0.1) is 0 Å². The number of amides is 1. The Kier molecular flexibility index (Phi) is 6.59. The van der Waals surface area contributed by atoms with Gasteiger partial charge in [0, 0.05) is 31.8 Å². The number of allylic oxidation sites excluding steroid dienone is 4. The van der Waals surface area contributed by atoms with Gasteiger partial charge in [-0.2, -0.15) is 0 Å². The highest BCUT2D eigenvalue weighted by atomic mass is 16.1. The van der Waals surface area contributed by atoms with Gasteiger partial charge in [0.15, 0.2) is 5.70 Å². The van der Waals surface area contributed by atoms with E-state index in [0.717, 1.165) is 62.5 Å². The second-order valence-corrected chi connectivity index (χ2v) is 9.49. The van der Waals surface area contributed by atoms with E-state index in [-0.39, 0.29) is 11.4 Å². The van der Waals surface area contributed by atoms with Gasteiger partial charge in [0.1, 0.15) is 0 Å². The molecule has 1 aromatic rings. The van der Waals surface area contributed by atoms with Crippen LogP contribution in [0.25, 0.3) is 10.4 Å². The fourth-order valence-electron chi connectivity index (χ4n) is 4.68. The second kappa shape index (κ2) is 9.40. The van der Waals surface area contributed by atoms with Gasteiger partial charge < -0.3 is 10.2 Å². The molecule has 0 unspecified atom stereocenters. The molecule has 0 saturated carbocycles. The van der Waals surface area contributed by atoms with E-state index >= 15 is 0 Å². The summed E-state index contributed by atoms with van der Waals surface area (Å²) >= 11 is 0. The zero-order valence-electron chi connectivity index (χ0n) is 19.4. The number of carbonyl (C=O) groups is 1. The van der Waals surface area contributed by atoms with Crippen LogP contribution in [0.5, 0.6) is 0 Å². The van der Waals surface area contributed by atoms with E-state index in [0.29, 0.717) is 17.7 Å². The van der Waals surface area contributed by atoms with Crippen LogP contribution in [0.4, 0.5) is 5.69 Å². The minimum atomic E-state index is -0.184. The monoisotopic (exact) mass is 431 g/mol. The zero-order chi connectivity index (χ0) is 22.7. The van der Waals surface area contributed by atoms with Crippen molar-refractivity contribution in [1.29, 1.82) is 0 Å². The minimum Gasteiger partial charge on any atom is -0.320 e. The van der Waals surface area contributed by atoms with Crippen molar-refractivity contribution in [2.45, 2.75) is 51.5 Å². The predicted molar refractivity (Wildman–Crippen MR) is 129 cm³/mol. The molecular weight excluding hydrogens is 398 g/mol. The molecule has 0 atom stereocenters. The second-order valence-electron chi connectivity index (χ2n) is 9.49. The Bertz CT molecular complexity index is 1020. The molecule has 0 spiro atoms. The van der Waals surface area contributed by atoms with E-state index in [9.17, 15) is 4.79 Å². The van der Waals surface area contributed by atoms with E-state index in [4.69, 9.17) is 11.6 Å². The maximum Gasteiger partial charge on any atom is 0.250 e. The van der Waals surface area contributed by atoms with Crippen LogP contribution >= 0.6 is 0 Å². The Balaban J connectivity index is 1.63. The Morgan fingerprint density at radius 2 is 1.94 bits per heavy atom. The van der Waals surface area contributed by atoms with Crippen molar-refractivity contribution in [2.24, 2.45) is 0 Å². The normalized spacial score (nSPS) is 20.2. The lowest BCUT2D eigenvalue weighted by atomic mass is 9.92. The SMILES string of the molecule is [C-]#[N+]C1=CCC(C(=O)Nc2ccc(C(C)(C)N3CCN(C)CC3)nc2C2=CCCCC2)=C1. The van der Waals surface area contributed by atoms with E-state index in [1.54, 1.807) is 12.2 Å². The molecule has 2 aliphatic carbocycles. The molecule has 1 saturated heterocycles. The quantitative estimate of drug-likeness (QED) is 0.693. The van der Waals surface area contributed by atoms with Crippen molar-refractivity contribution in [3.05, 3.63) is 64.4 Å². The van der Waals surface area contributed by atoms with Crippen LogP contribution in [-0.2, 0) is 10.3 Å². The number of nitrogens with one attached hydrogen (secondary N) is 1. The summed E-state index contributed by atoms with van der Waals surface area (Å²) in [7, 11) is 2.17. The molecule has 1 amide bonds. The van der Waals surface area contributed by atoms with Crippen molar-refractivity contribution in [1.82, 2.24) is 14.8 Å². The first kappa shape index (κ1) is 22.4. The molecular formula is C26H33N5O. The van der Waals surface area contributed by atoms with Crippen LogP contribution in [0.2, 0.25) is 0 Å². The van der Waals surface area contributed by atoms with Gasteiger partial charge in [-0.3, -0.25) is 9.69 Å². The Morgan fingerprint density at radius 1 is 1.16 bits per heavy atom. The molecule has 0 radical (unpaired) electrons. The van der Waals surface area contributed by atoms with Gasteiger partial charge >= 0.3 is 0 Å². The number of rotatable bonds is 5. The molecule has 1 aromatic heterocycles. The van der Waals surface area contributed by atoms with Crippen LogP contribution in [0.1, 0.15) is 57.3 Å². The first-order chi connectivity index (χ1) is 15.4. The van der Waals surface area contributed by atoms with Crippen LogP contribution in [-0.4, -0.2) is 53.9 Å². The van der Waals surface area contributed by atoms with Gasteiger partial charge in [-0.1, -0.05) is 12.2 Å². The summed E-state index contributed by atoms with van der Waals surface area (Å²) in [6.45, 7) is 15.8. The lowest BCUT2D eigenvalue weighted by Gasteiger charge is -2.43. The lowest BCUT2D eigenvalue weighted by molar-refractivity contribution is -0.112. The van der Waals surface area contributed by atoms with Crippen LogP contribution < -0.4 is 5.32 Å². The topological polar surface area (TPSA) is 52.8 Å². The molecule has 4 rings (SSSR count). The standard InChI is InChI=1S/C26H33N5O/c1-26(2,31-16-14-30(4)15-17-31)23-13-12-22(24(29-23)19-8-6-5-7-9-19)28-25(32)20-10-11-21(18-20)27-3/h8,11-13,18H,5-7,9-10,14-17H2,1-2,4H3,(H,28,32). The molecule has 0 aromatic carbocycles. The highest BCUT2D eigenvalue weighted by molar-refractivity contribution is 6.06.